The molecule has 1 unspecified atom stereocenters. The molecule has 0 radical (unpaired) electrons. The maximum atomic E-state index is 11.3. The minimum atomic E-state index is -0.199. The summed E-state index contributed by atoms with van der Waals surface area (Å²) >= 11 is 0. The number of rotatable bonds is 2. The fourth-order valence-electron chi connectivity index (χ4n) is 2.24. The Morgan fingerprint density at radius 1 is 1.44 bits per heavy atom. The van der Waals surface area contributed by atoms with Gasteiger partial charge in [0.05, 0.1) is 7.11 Å². The quantitative estimate of drug-likeness (QED) is 0.764. The summed E-state index contributed by atoms with van der Waals surface area (Å²) in [5.74, 6) is 0.571. The number of carbonyl (C=O) groups excluding carboxylic acids is 1. The van der Waals surface area contributed by atoms with Gasteiger partial charge in [0.15, 0.2) is 0 Å². The number of benzene rings is 1. The van der Waals surface area contributed by atoms with Crippen LogP contribution >= 0.6 is 0 Å². The second-order valence-corrected chi connectivity index (χ2v) is 4.26. The van der Waals surface area contributed by atoms with Crippen LogP contribution in [0.3, 0.4) is 0 Å². The van der Waals surface area contributed by atoms with Crippen molar-refractivity contribution >= 4 is 6.09 Å². The average Bonchev–Trinajstić information content (AvgIpc) is 2.78. The SMILES string of the molecule is COC(=O)N1CCC(Cc2ccccc2)C1. The highest BCUT2D eigenvalue weighted by Crippen LogP contribution is 2.21. The first-order chi connectivity index (χ1) is 7.79. The van der Waals surface area contributed by atoms with Crippen molar-refractivity contribution in [3.63, 3.8) is 0 Å². The zero-order chi connectivity index (χ0) is 11.4. The Bertz CT molecular complexity index is 350. The summed E-state index contributed by atoms with van der Waals surface area (Å²) in [6.07, 6.45) is 1.92. The first kappa shape index (κ1) is 11.0. The fourth-order valence-corrected chi connectivity index (χ4v) is 2.24. The standard InChI is InChI=1S/C13H17NO2/c1-16-13(15)14-8-7-12(10-14)9-11-5-3-2-4-6-11/h2-6,12H,7-10H2,1H3. The van der Waals surface area contributed by atoms with Gasteiger partial charge in [0.2, 0.25) is 0 Å². The van der Waals surface area contributed by atoms with Gasteiger partial charge in [-0.15, -0.1) is 0 Å². The summed E-state index contributed by atoms with van der Waals surface area (Å²) in [6, 6.07) is 10.4. The summed E-state index contributed by atoms with van der Waals surface area (Å²) in [4.78, 5) is 13.1. The van der Waals surface area contributed by atoms with Crippen molar-refractivity contribution in [2.75, 3.05) is 20.2 Å². The molecule has 1 aliphatic rings. The van der Waals surface area contributed by atoms with E-state index in [2.05, 4.69) is 24.3 Å². The molecule has 86 valence electrons. The smallest absolute Gasteiger partial charge is 0.409 e. The Kier molecular flexibility index (Phi) is 3.44. The van der Waals surface area contributed by atoms with Crippen LogP contribution in [0, 0.1) is 5.92 Å². The van der Waals surface area contributed by atoms with Gasteiger partial charge in [0, 0.05) is 13.1 Å². The lowest BCUT2D eigenvalue weighted by Crippen LogP contribution is -2.28. The van der Waals surface area contributed by atoms with Gasteiger partial charge in [-0.2, -0.15) is 0 Å². The minimum absolute atomic E-state index is 0.199. The van der Waals surface area contributed by atoms with Gasteiger partial charge in [0.25, 0.3) is 0 Å². The maximum Gasteiger partial charge on any atom is 0.409 e. The summed E-state index contributed by atoms with van der Waals surface area (Å²) in [5.41, 5.74) is 1.35. The molecule has 2 rings (SSSR count). The lowest BCUT2D eigenvalue weighted by atomic mass is 9.99. The molecule has 1 atom stereocenters. The lowest BCUT2D eigenvalue weighted by Gasteiger charge is -2.14. The first-order valence-electron chi connectivity index (χ1n) is 5.66. The average molecular weight is 219 g/mol. The zero-order valence-electron chi connectivity index (χ0n) is 9.56. The second-order valence-electron chi connectivity index (χ2n) is 4.26. The lowest BCUT2D eigenvalue weighted by molar-refractivity contribution is 0.131. The minimum Gasteiger partial charge on any atom is -0.453 e. The van der Waals surface area contributed by atoms with E-state index in [-0.39, 0.29) is 6.09 Å². The molecule has 0 spiro atoms. The van der Waals surface area contributed by atoms with Crippen LogP contribution < -0.4 is 0 Å². The van der Waals surface area contributed by atoms with Gasteiger partial charge in [-0.05, 0) is 24.3 Å². The fraction of sp³-hybridized carbons (Fsp3) is 0.462. The number of hydrogen-bond acceptors (Lipinski definition) is 2. The van der Waals surface area contributed by atoms with E-state index in [1.165, 1.54) is 12.7 Å². The first-order valence-corrected chi connectivity index (χ1v) is 5.66. The normalized spacial score (nSPS) is 19.8. The van der Waals surface area contributed by atoms with E-state index >= 15 is 0 Å². The van der Waals surface area contributed by atoms with Crippen LogP contribution in [0.25, 0.3) is 0 Å². The number of amides is 1. The molecule has 0 N–H and O–H groups in total. The molecule has 1 heterocycles. The maximum absolute atomic E-state index is 11.3. The van der Waals surface area contributed by atoms with Crippen molar-refractivity contribution in [2.45, 2.75) is 12.8 Å². The Labute approximate surface area is 96.0 Å². The van der Waals surface area contributed by atoms with Crippen LogP contribution in [-0.2, 0) is 11.2 Å². The van der Waals surface area contributed by atoms with E-state index in [9.17, 15) is 4.79 Å². The van der Waals surface area contributed by atoms with Crippen molar-refractivity contribution in [3.8, 4) is 0 Å². The van der Waals surface area contributed by atoms with Crippen molar-refractivity contribution in [1.29, 1.82) is 0 Å². The third kappa shape index (κ3) is 2.54. The highest BCUT2D eigenvalue weighted by molar-refractivity contribution is 5.67. The van der Waals surface area contributed by atoms with Crippen molar-refractivity contribution in [3.05, 3.63) is 35.9 Å². The summed E-state index contributed by atoms with van der Waals surface area (Å²) < 4.78 is 4.72. The molecule has 3 nitrogen and oxygen atoms in total. The van der Waals surface area contributed by atoms with Gasteiger partial charge in [-0.1, -0.05) is 30.3 Å². The molecular formula is C13H17NO2. The highest BCUT2D eigenvalue weighted by Gasteiger charge is 2.26. The van der Waals surface area contributed by atoms with E-state index in [1.54, 1.807) is 4.90 Å². The molecule has 0 aromatic heterocycles. The molecule has 0 bridgehead atoms. The predicted molar refractivity (Wildman–Crippen MR) is 62.2 cm³/mol. The van der Waals surface area contributed by atoms with Gasteiger partial charge < -0.3 is 9.64 Å². The number of likely N-dealkylation sites (tertiary alicyclic amines) is 1. The predicted octanol–water partition coefficient (Wildman–Crippen LogP) is 2.32. The van der Waals surface area contributed by atoms with E-state index in [0.29, 0.717) is 5.92 Å². The monoisotopic (exact) mass is 219 g/mol. The molecule has 0 aliphatic carbocycles. The van der Waals surface area contributed by atoms with Crippen LogP contribution in [0.5, 0.6) is 0 Å². The number of carbonyl (C=O) groups is 1. The van der Waals surface area contributed by atoms with E-state index in [0.717, 1.165) is 25.9 Å². The number of ether oxygens (including phenoxy) is 1. The van der Waals surface area contributed by atoms with E-state index < -0.39 is 0 Å². The Hall–Kier alpha value is -1.51. The topological polar surface area (TPSA) is 29.5 Å². The molecule has 1 aliphatic heterocycles. The van der Waals surface area contributed by atoms with Crippen molar-refractivity contribution < 1.29 is 9.53 Å². The van der Waals surface area contributed by atoms with Gasteiger partial charge in [-0.3, -0.25) is 0 Å². The Morgan fingerprint density at radius 3 is 2.88 bits per heavy atom. The summed E-state index contributed by atoms with van der Waals surface area (Å²) in [6.45, 7) is 1.64. The van der Waals surface area contributed by atoms with Gasteiger partial charge >= 0.3 is 6.09 Å². The largest absolute Gasteiger partial charge is 0.453 e. The molecular weight excluding hydrogens is 202 g/mol. The third-order valence-electron chi connectivity index (χ3n) is 3.09. The summed E-state index contributed by atoms with van der Waals surface area (Å²) in [7, 11) is 1.44. The highest BCUT2D eigenvalue weighted by atomic mass is 16.5. The van der Waals surface area contributed by atoms with E-state index in [4.69, 9.17) is 4.74 Å². The Morgan fingerprint density at radius 2 is 2.19 bits per heavy atom. The van der Waals surface area contributed by atoms with Crippen LogP contribution in [0.1, 0.15) is 12.0 Å². The van der Waals surface area contributed by atoms with Crippen molar-refractivity contribution in [2.24, 2.45) is 5.92 Å². The van der Waals surface area contributed by atoms with Crippen LogP contribution in [0.4, 0.5) is 4.79 Å². The molecule has 1 saturated heterocycles. The molecule has 3 heteroatoms. The van der Waals surface area contributed by atoms with E-state index in [1.807, 2.05) is 6.07 Å². The second kappa shape index (κ2) is 5.01. The molecule has 16 heavy (non-hydrogen) atoms. The molecule has 1 fully saturated rings. The van der Waals surface area contributed by atoms with Gasteiger partial charge in [-0.25, -0.2) is 4.79 Å². The summed E-state index contributed by atoms with van der Waals surface area (Å²) in [5, 5.41) is 0. The molecule has 1 amide bonds. The van der Waals surface area contributed by atoms with Crippen LogP contribution in [-0.4, -0.2) is 31.2 Å². The zero-order valence-corrected chi connectivity index (χ0v) is 9.56. The van der Waals surface area contributed by atoms with Crippen LogP contribution in [0.2, 0.25) is 0 Å². The molecule has 1 aromatic carbocycles. The molecule has 0 saturated carbocycles. The number of hydrogen-bond donors (Lipinski definition) is 0. The third-order valence-corrected chi connectivity index (χ3v) is 3.09. The van der Waals surface area contributed by atoms with Crippen molar-refractivity contribution in [1.82, 2.24) is 4.90 Å². The number of methoxy groups -OCH3 is 1. The molecule has 1 aromatic rings. The van der Waals surface area contributed by atoms with Crippen LogP contribution in [0.15, 0.2) is 30.3 Å². The van der Waals surface area contributed by atoms with Gasteiger partial charge in [0.1, 0.15) is 0 Å². The number of nitrogens with zero attached hydrogens (tertiary/aromatic N) is 1. The Balaban J connectivity index is 1.88.